The number of nitrogens with one attached hydrogen (secondary N) is 2. The number of rotatable bonds is 5. The second kappa shape index (κ2) is 5.64. The number of hydrogen-bond acceptors (Lipinski definition) is 3. The first kappa shape index (κ1) is 13.1. The van der Waals surface area contributed by atoms with Crippen LogP contribution in [0.3, 0.4) is 0 Å². The number of hydrogen-bond donors (Lipinski definition) is 2. The Hall–Kier alpha value is -2.62. The number of benzene rings is 2. The fraction of sp³-hybridized carbons (Fsp3) is 0.222. The number of aromatic amines is 1. The molecule has 0 aliphatic heterocycles. The molecule has 1 aliphatic carbocycles. The van der Waals surface area contributed by atoms with Crippen LogP contribution in [0.5, 0.6) is 0 Å². The monoisotopic (exact) mass is 290 g/mol. The van der Waals surface area contributed by atoms with Gasteiger partial charge in [0.15, 0.2) is 5.82 Å². The van der Waals surface area contributed by atoms with Gasteiger partial charge in [-0.3, -0.25) is 5.10 Å². The van der Waals surface area contributed by atoms with Crippen LogP contribution < -0.4 is 5.32 Å². The van der Waals surface area contributed by atoms with Crippen molar-refractivity contribution in [1.29, 1.82) is 0 Å². The molecule has 1 aliphatic rings. The highest BCUT2D eigenvalue weighted by Crippen LogP contribution is 2.41. The first-order chi connectivity index (χ1) is 10.9. The minimum absolute atomic E-state index is 0.776. The number of anilines is 1. The quantitative estimate of drug-likeness (QED) is 0.747. The first-order valence-corrected chi connectivity index (χ1v) is 7.67. The number of nitrogens with zero attached hydrogens (tertiary/aromatic N) is 2. The fourth-order valence-electron chi connectivity index (χ4n) is 2.81. The first-order valence-electron chi connectivity index (χ1n) is 7.67. The maximum atomic E-state index is 4.20. The summed E-state index contributed by atoms with van der Waals surface area (Å²) in [6.07, 6.45) is 4.19. The van der Waals surface area contributed by atoms with E-state index in [4.69, 9.17) is 0 Å². The summed E-state index contributed by atoms with van der Waals surface area (Å²) in [5, 5.41) is 10.3. The topological polar surface area (TPSA) is 53.6 Å². The van der Waals surface area contributed by atoms with Gasteiger partial charge in [-0.15, -0.1) is 0 Å². The molecule has 0 spiro atoms. The Morgan fingerprint density at radius 2 is 2.00 bits per heavy atom. The zero-order valence-electron chi connectivity index (χ0n) is 12.3. The van der Waals surface area contributed by atoms with E-state index >= 15 is 0 Å². The van der Waals surface area contributed by atoms with Crippen LogP contribution >= 0.6 is 0 Å². The molecule has 4 heteroatoms. The molecule has 2 aromatic carbocycles. The van der Waals surface area contributed by atoms with E-state index in [0.717, 1.165) is 29.5 Å². The van der Waals surface area contributed by atoms with Gasteiger partial charge in [-0.1, -0.05) is 36.4 Å². The van der Waals surface area contributed by atoms with Gasteiger partial charge in [-0.25, -0.2) is 4.98 Å². The molecule has 0 radical (unpaired) electrons. The van der Waals surface area contributed by atoms with Crippen molar-refractivity contribution >= 4 is 5.69 Å². The standard InChI is InChI=1S/C18H18N4/c1-2-7-17(13-8-9-13)15(4-1)11-19-16-6-3-5-14(10-16)18-20-12-21-22-18/h1-7,10,12-13,19H,8-9,11H2,(H,20,21,22). The molecular weight excluding hydrogens is 272 g/mol. The highest BCUT2D eigenvalue weighted by atomic mass is 15.2. The van der Waals surface area contributed by atoms with E-state index < -0.39 is 0 Å². The third-order valence-electron chi connectivity index (χ3n) is 4.11. The third kappa shape index (κ3) is 2.72. The van der Waals surface area contributed by atoms with Gasteiger partial charge >= 0.3 is 0 Å². The number of H-pyrrole nitrogens is 1. The van der Waals surface area contributed by atoms with Crippen LogP contribution in [-0.2, 0) is 6.54 Å². The molecule has 0 amide bonds. The highest BCUT2D eigenvalue weighted by Gasteiger charge is 2.25. The van der Waals surface area contributed by atoms with E-state index in [0.29, 0.717) is 0 Å². The lowest BCUT2D eigenvalue weighted by molar-refractivity contribution is 1.04. The SMILES string of the molecule is c1cc(NCc2ccccc2C2CC2)cc(-c2ncn[nH]2)c1. The third-order valence-corrected chi connectivity index (χ3v) is 4.11. The Morgan fingerprint density at radius 1 is 1.09 bits per heavy atom. The summed E-state index contributed by atoms with van der Waals surface area (Å²) in [5.74, 6) is 1.57. The van der Waals surface area contributed by atoms with Crippen molar-refractivity contribution in [2.24, 2.45) is 0 Å². The van der Waals surface area contributed by atoms with Crippen LogP contribution in [0.2, 0.25) is 0 Å². The predicted octanol–water partition coefficient (Wildman–Crippen LogP) is 3.96. The molecule has 0 bridgehead atoms. The Labute approximate surface area is 129 Å². The molecule has 3 aromatic rings. The molecule has 2 N–H and O–H groups in total. The highest BCUT2D eigenvalue weighted by molar-refractivity contribution is 5.62. The van der Waals surface area contributed by atoms with Crippen molar-refractivity contribution < 1.29 is 0 Å². The minimum Gasteiger partial charge on any atom is -0.381 e. The van der Waals surface area contributed by atoms with Crippen LogP contribution in [-0.4, -0.2) is 15.2 Å². The van der Waals surface area contributed by atoms with Crippen LogP contribution in [0.4, 0.5) is 5.69 Å². The van der Waals surface area contributed by atoms with Crippen LogP contribution in [0.15, 0.2) is 54.9 Å². The molecular formula is C18H18N4. The van der Waals surface area contributed by atoms with Crippen LogP contribution in [0.25, 0.3) is 11.4 Å². The Bertz CT molecular complexity index is 760. The predicted molar refractivity (Wildman–Crippen MR) is 87.6 cm³/mol. The lowest BCUT2D eigenvalue weighted by Crippen LogP contribution is -2.02. The van der Waals surface area contributed by atoms with Gasteiger partial charge in [0.2, 0.25) is 0 Å². The van der Waals surface area contributed by atoms with E-state index in [1.807, 2.05) is 12.1 Å². The maximum Gasteiger partial charge on any atom is 0.155 e. The normalized spacial score (nSPS) is 14.0. The zero-order valence-corrected chi connectivity index (χ0v) is 12.3. The van der Waals surface area contributed by atoms with E-state index in [-0.39, 0.29) is 0 Å². The molecule has 1 fully saturated rings. The van der Waals surface area contributed by atoms with E-state index in [2.05, 4.69) is 56.9 Å². The molecule has 0 atom stereocenters. The maximum absolute atomic E-state index is 4.20. The summed E-state index contributed by atoms with van der Waals surface area (Å²) in [7, 11) is 0. The lowest BCUT2D eigenvalue weighted by atomic mass is 10.0. The second-order valence-corrected chi connectivity index (χ2v) is 5.74. The van der Waals surface area contributed by atoms with E-state index in [1.54, 1.807) is 0 Å². The van der Waals surface area contributed by atoms with Gasteiger partial charge in [0, 0.05) is 17.8 Å². The molecule has 110 valence electrons. The zero-order chi connectivity index (χ0) is 14.8. The van der Waals surface area contributed by atoms with Gasteiger partial charge in [0.05, 0.1) is 0 Å². The molecule has 0 unspecified atom stereocenters. The van der Waals surface area contributed by atoms with Crippen molar-refractivity contribution in [1.82, 2.24) is 15.2 Å². The molecule has 4 nitrogen and oxygen atoms in total. The molecule has 0 saturated heterocycles. The fourth-order valence-corrected chi connectivity index (χ4v) is 2.81. The largest absolute Gasteiger partial charge is 0.381 e. The second-order valence-electron chi connectivity index (χ2n) is 5.74. The average Bonchev–Trinajstić information content (AvgIpc) is 3.27. The molecule has 1 aromatic heterocycles. The van der Waals surface area contributed by atoms with Crippen LogP contribution in [0.1, 0.15) is 29.9 Å². The van der Waals surface area contributed by atoms with Gasteiger partial charge in [-0.2, -0.15) is 5.10 Å². The Kier molecular flexibility index (Phi) is 3.35. The van der Waals surface area contributed by atoms with Crippen molar-refractivity contribution in [3.8, 4) is 11.4 Å². The summed E-state index contributed by atoms with van der Waals surface area (Å²) in [6, 6.07) is 17.0. The van der Waals surface area contributed by atoms with Crippen molar-refractivity contribution in [2.75, 3.05) is 5.32 Å². The summed E-state index contributed by atoms with van der Waals surface area (Å²) in [6.45, 7) is 0.854. The van der Waals surface area contributed by atoms with E-state index in [1.165, 1.54) is 30.3 Å². The molecule has 4 rings (SSSR count). The summed E-state index contributed by atoms with van der Waals surface area (Å²) < 4.78 is 0. The van der Waals surface area contributed by atoms with Gasteiger partial charge in [-0.05, 0) is 42.0 Å². The summed E-state index contributed by atoms with van der Waals surface area (Å²) >= 11 is 0. The molecule has 1 heterocycles. The van der Waals surface area contributed by atoms with Gasteiger partial charge in [0.1, 0.15) is 6.33 Å². The molecule has 22 heavy (non-hydrogen) atoms. The van der Waals surface area contributed by atoms with Crippen molar-refractivity contribution in [3.63, 3.8) is 0 Å². The van der Waals surface area contributed by atoms with Gasteiger partial charge < -0.3 is 5.32 Å². The Balaban J connectivity index is 1.51. The smallest absolute Gasteiger partial charge is 0.155 e. The van der Waals surface area contributed by atoms with Crippen molar-refractivity contribution in [2.45, 2.75) is 25.3 Å². The van der Waals surface area contributed by atoms with Gasteiger partial charge in [0.25, 0.3) is 0 Å². The summed E-state index contributed by atoms with van der Waals surface area (Å²) in [5.41, 5.74) is 5.04. The average molecular weight is 290 g/mol. The minimum atomic E-state index is 0.776. The lowest BCUT2D eigenvalue weighted by Gasteiger charge is -2.11. The Morgan fingerprint density at radius 3 is 2.82 bits per heavy atom. The molecule has 1 saturated carbocycles. The van der Waals surface area contributed by atoms with Crippen LogP contribution in [0, 0.1) is 0 Å². The van der Waals surface area contributed by atoms with Crippen molar-refractivity contribution in [3.05, 3.63) is 66.0 Å². The van der Waals surface area contributed by atoms with E-state index in [9.17, 15) is 0 Å². The summed E-state index contributed by atoms with van der Waals surface area (Å²) in [4.78, 5) is 4.20. The number of aromatic nitrogens is 3.